The number of rotatable bonds is 4. The highest BCUT2D eigenvalue weighted by Gasteiger charge is 2.10. The molecule has 1 aromatic heterocycles. The van der Waals surface area contributed by atoms with Crippen molar-refractivity contribution in [3.8, 4) is 22.8 Å². The molecule has 0 saturated carbocycles. The van der Waals surface area contributed by atoms with Crippen molar-refractivity contribution in [3.63, 3.8) is 0 Å². The Labute approximate surface area is 189 Å². The zero-order valence-corrected chi connectivity index (χ0v) is 18.7. The number of hydrogen-bond acceptors (Lipinski definition) is 7. The molecule has 0 amide bonds. The summed E-state index contributed by atoms with van der Waals surface area (Å²) in [5.74, 6) is 2.18. The minimum absolute atomic E-state index is 0.477. The summed E-state index contributed by atoms with van der Waals surface area (Å²) in [6.07, 6.45) is 3.77. The second-order valence-electron chi connectivity index (χ2n) is 7.96. The van der Waals surface area contributed by atoms with E-state index in [0.717, 1.165) is 47.8 Å². The van der Waals surface area contributed by atoms with Crippen LogP contribution in [0.15, 0.2) is 54.7 Å². The van der Waals surface area contributed by atoms with Crippen molar-refractivity contribution in [2.75, 3.05) is 52.4 Å². The predicted molar refractivity (Wildman–Crippen MR) is 126 cm³/mol. The highest BCUT2D eigenvalue weighted by Crippen LogP contribution is 2.28. The molecule has 2 aromatic carbocycles. The third-order valence-corrected chi connectivity index (χ3v) is 5.14. The van der Waals surface area contributed by atoms with Gasteiger partial charge in [0.15, 0.2) is 0 Å². The van der Waals surface area contributed by atoms with Crippen LogP contribution in [-0.2, 0) is 11.2 Å². The van der Waals surface area contributed by atoms with Crippen LogP contribution in [0.2, 0.25) is 0 Å². The fourth-order valence-electron chi connectivity index (χ4n) is 3.54. The number of aromatic nitrogens is 2. The maximum absolute atomic E-state index is 6.09. The molecule has 0 saturated heterocycles. The van der Waals surface area contributed by atoms with Crippen molar-refractivity contribution in [1.29, 1.82) is 0 Å². The monoisotopic (exact) mass is 434 g/mol. The Morgan fingerprint density at radius 2 is 1.84 bits per heavy atom. The summed E-state index contributed by atoms with van der Waals surface area (Å²) < 4.78 is 17.6. The summed E-state index contributed by atoms with van der Waals surface area (Å²) in [4.78, 5) is 11.3. The molecule has 0 unspecified atom stereocenters. The van der Waals surface area contributed by atoms with Gasteiger partial charge in [0.2, 0.25) is 5.95 Å². The summed E-state index contributed by atoms with van der Waals surface area (Å²) in [5, 5.41) is 3.31. The van der Waals surface area contributed by atoms with Crippen LogP contribution in [-0.4, -0.2) is 61.9 Å². The summed E-state index contributed by atoms with van der Waals surface area (Å²) in [5.41, 5.74) is 3.86. The molecule has 1 aliphatic rings. The predicted octanol–water partition coefficient (Wildman–Crippen LogP) is 4.17. The molecule has 32 heavy (non-hydrogen) atoms. The molecule has 0 spiro atoms. The number of benzene rings is 2. The van der Waals surface area contributed by atoms with Crippen LogP contribution in [0.1, 0.15) is 12.0 Å². The maximum atomic E-state index is 6.09. The number of anilines is 2. The van der Waals surface area contributed by atoms with Crippen molar-refractivity contribution in [2.45, 2.75) is 12.8 Å². The lowest BCUT2D eigenvalue weighted by Gasteiger charge is -2.15. The first kappa shape index (κ1) is 22.0. The second-order valence-corrected chi connectivity index (χ2v) is 7.96. The standard InChI is InChI=1S/C25H30N4O3/c1-29(2)12-4-6-19-8-9-21-18-24(19)32-16-14-30-13-15-31-22-7-3-5-20(17-22)23-10-11-26-25(27-21)28-23/h3,5,7-11,17-18H,4,6,12-16H2,1-2H3,(H,26,27,28). The molecular weight excluding hydrogens is 404 g/mol. The summed E-state index contributed by atoms with van der Waals surface area (Å²) in [6.45, 7) is 2.99. The van der Waals surface area contributed by atoms with Gasteiger partial charge < -0.3 is 24.4 Å². The van der Waals surface area contributed by atoms with Gasteiger partial charge in [0.05, 0.1) is 18.9 Å². The lowest BCUT2D eigenvalue weighted by Crippen LogP contribution is -2.14. The summed E-state index contributed by atoms with van der Waals surface area (Å²) >= 11 is 0. The average molecular weight is 435 g/mol. The fraction of sp³-hybridized carbons (Fsp3) is 0.360. The Balaban J connectivity index is 1.60. The molecule has 0 fully saturated rings. The van der Waals surface area contributed by atoms with E-state index in [1.165, 1.54) is 5.56 Å². The van der Waals surface area contributed by atoms with E-state index in [1.54, 1.807) is 6.20 Å². The van der Waals surface area contributed by atoms with Gasteiger partial charge in [0.1, 0.15) is 24.7 Å². The largest absolute Gasteiger partial charge is 0.491 e. The minimum Gasteiger partial charge on any atom is -0.491 e. The molecule has 7 nitrogen and oxygen atoms in total. The van der Waals surface area contributed by atoms with Gasteiger partial charge in [-0.15, -0.1) is 0 Å². The number of fused-ring (bicyclic) bond motifs is 7. The lowest BCUT2D eigenvalue weighted by atomic mass is 10.1. The molecule has 168 valence electrons. The highest BCUT2D eigenvalue weighted by molar-refractivity contribution is 5.64. The van der Waals surface area contributed by atoms with Crippen molar-refractivity contribution < 1.29 is 14.2 Å². The Morgan fingerprint density at radius 3 is 2.72 bits per heavy atom. The van der Waals surface area contributed by atoms with Crippen LogP contribution in [0.5, 0.6) is 11.5 Å². The fourth-order valence-corrected chi connectivity index (χ4v) is 3.54. The van der Waals surface area contributed by atoms with Crippen LogP contribution in [0.4, 0.5) is 11.6 Å². The van der Waals surface area contributed by atoms with Gasteiger partial charge in [-0.3, -0.25) is 0 Å². The first-order chi connectivity index (χ1) is 15.7. The third kappa shape index (κ3) is 6.18. The van der Waals surface area contributed by atoms with E-state index in [9.17, 15) is 0 Å². The SMILES string of the molecule is CN(C)CCCc1ccc2cc1OCCOCCOc1cccc(c1)-c1ccnc(n1)N2. The van der Waals surface area contributed by atoms with Crippen molar-refractivity contribution in [1.82, 2.24) is 14.9 Å². The molecule has 0 aliphatic carbocycles. The number of hydrogen-bond donors (Lipinski definition) is 1. The van der Waals surface area contributed by atoms with E-state index < -0.39 is 0 Å². The zero-order valence-electron chi connectivity index (χ0n) is 18.7. The normalized spacial score (nSPS) is 14.1. The first-order valence-corrected chi connectivity index (χ1v) is 11.0. The average Bonchev–Trinajstić information content (AvgIpc) is 2.79. The smallest absolute Gasteiger partial charge is 0.227 e. The molecule has 1 aliphatic heterocycles. The van der Waals surface area contributed by atoms with Gasteiger partial charge in [-0.2, -0.15) is 0 Å². The van der Waals surface area contributed by atoms with E-state index in [2.05, 4.69) is 35.4 Å². The van der Waals surface area contributed by atoms with E-state index in [1.807, 2.05) is 42.5 Å². The maximum Gasteiger partial charge on any atom is 0.227 e. The Hall–Kier alpha value is -3.16. The van der Waals surface area contributed by atoms with Gasteiger partial charge >= 0.3 is 0 Å². The minimum atomic E-state index is 0.477. The van der Waals surface area contributed by atoms with Gasteiger partial charge in [-0.1, -0.05) is 18.2 Å². The number of nitrogens with zero attached hydrogens (tertiary/aromatic N) is 3. The van der Waals surface area contributed by atoms with E-state index in [4.69, 9.17) is 19.2 Å². The molecule has 0 atom stereocenters. The van der Waals surface area contributed by atoms with Crippen LogP contribution >= 0.6 is 0 Å². The van der Waals surface area contributed by atoms with Gasteiger partial charge in [-0.25, -0.2) is 9.97 Å². The van der Waals surface area contributed by atoms with Gasteiger partial charge in [0, 0.05) is 23.5 Å². The lowest BCUT2D eigenvalue weighted by molar-refractivity contribution is 0.0762. The zero-order chi connectivity index (χ0) is 22.2. The second kappa shape index (κ2) is 10.9. The molecular formula is C25H30N4O3. The Bertz CT molecular complexity index is 1030. The highest BCUT2D eigenvalue weighted by atomic mass is 16.5. The number of nitrogens with one attached hydrogen (secondary N) is 1. The molecule has 1 N–H and O–H groups in total. The van der Waals surface area contributed by atoms with E-state index in [-0.39, 0.29) is 0 Å². The van der Waals surface area contributed by atoms with Gasteiger partial charge in [0.25, 0.3) is 0 Å². The summed E-state index contributed by atoms with van der Waals surface area (Å²) in [6, 6.07) is 16.0. The molecule has 6 bridgehead atoms. The first-order valence-electron chi connectivity index (χ1n) is 11.0. The van der Waals surface area contributed by atoms with E-state index >= 15 is 0 Å². The molecule has 2 heterocycles. The van der Waals surface area contributed by atoms with Crippen molar-refractivity contribution in [3.05, 3.63) is 60.3 Å². The topological polar surface area (TPSA) is 68.7 Å². The Kier molecular flexibility index (Phi) is 7.53. The quantitative estimate of drug-likeness (QED) is 0.661. The van der Waals surface area contributed by atoms with Crippen molar-refractivity contribution in [2.24, 2.45) is 0 Å². The molecule has 7 heteroatoms. The molecule has 3 aromatic rings. The number of aryl methyl sites for hydroxylation is 1. The third-order valence-electron chi connectivity index (χ3n) is 5.14. The van der Waals surface area contributed by atoms with Crippen LogP contribution in [0, 0.1) is 0 Å². The van der Waals surface area contributed by atoms with E-state index in [0.29, 0.717) is 32.4 Å². The van der Waals surface area contributed by atoms with Crippen LogP contribution in [0.3, 0.4) is 0 Å². The van der Waals surface area contributed by atoms with Crippen LogP contribution < -0.4 is 14.8 Å². The molecule has 4 rings (SSSR count). The number of ether oxygens (including phenoxy) is 3. The van der Waals surface area contributed by atoms with Gasteiger partial charge in [-0.05, 0) is 63.3 Å². The Morgan fingerprint density at radius 1 is 0.969 bits per heavy atom. The van der Waals surface area contributed by atoms with Crippen LogP contribution in [0.25, 0.3) is 11.3 Å². The molecule has 0 radical (unpaired) electrons. The van der Waals surface area contributed by atoms with Crippen molar-refractivity contribution >= 4 is 11.6 Å². The summed E-state index contributed by atoms with van der Waals surface area (Å²) in [7, 11) is 4.18.